The summed E-state index contributed by atoms with van der Waals surface area (Å²) >= 11 is 0. The van der Waals surface area contributed by atoms with E-state index in [1.54, 1.807) is 18.2 Å². The molecule has 4 nitrogen and oxygen atoms in total. The Balaban J connectivity index is 1.88. The minimum Gasteiger partial charge on any atom is -0.267 e. The van der Waals surface area contributed by atoms with Crippen LogP contribution < -0.4 is 10.4 Å². The zero-order valence-electron chi connectivity index (χ0n) is 14.0. The first kappa shape index (κ1) is 16.0. The highest BCUT2D eigenvalue weighted by molar-refractivity contribution is 6.31. The molecule has 1 aliphatic rings. The third-order valence-electron chi connectivity index (χ3n) is 3.99. The Morgan fingerprint density at radius 1 is 0.917 bits per heavy atom. The van der Waals surface area contributed by atoms with Crippen molar-refractivity contribution >= 4 is 23.6 Å². The van der Waals surface area contributed by atoms with E-state index in [1.807, 2.05) is 42.5 Å². The van der Waals surface area contributed by atoms with Crippen molar-refractivity contribution in [1.82, 2.24) is 5.43 Å². The van der Waals surface area contributed by atoms with E-state index in [0.29, 0.717) is 5.69 Å². The van der Waals surface area contributed by atoms with Crippen LogP contribution >= 0.6 is 0 Å². The number of nitrogens with zero attached hydrogens (tertiary/aromatic N) is 1. The summed E-state index contributed by atoms with van der Waals surface area (Å²) in [5.41, 5.74) is 5.49. The Kier molecular flexibility index (Phi) is 3.97. The standard InChI is InChI=1S/C20H20N2O2/c1-20(2,3)15-11-9-14(10-12-15)13-17-18(23)21-22(19(17)24)16-7-5-4-6-8-16/h4-13H,1-3H3,(H,21,23)/b17-13-. The third kappa shape index (κ3) is 3.08. The molecule has 1 heterocycles. The van der Waals surface area contributed by atoms with E-state index in [-0.39, 0.29) is 22.8 Å². The van der Waals surface area contributed by atoms with Crippen LogP contribution in [-0.4, -0.2) is 11.8 Å². The molecule has 2 aromatic carbocycles. The lowest BCUT2D eigenvalue weighted by Crippen LogP contribution is -2.35. The first-order chi connectivity index (χ1) is 11.4. The Hall–Kier alpha value is -2.88. The molecular formula is C20H20N2O2. The quantitative estimate of drug-likeness (QED) is 0.680. The number of hydrogen-bond acceptors (Lipinski definition) is 2. The highest BCUT2D eigenvalue weighted by atomic mass is 16.2. The van der Waals surface area contributed by atoms with Crippen molar-refractivity contribution in [1.29, 1.82) is 0 Å². The smallest absolute Gasteiger partial charge is 0.267 e. The summed E-state index contributed by atoms with van der Waals surface area (Å²) in [6.07, 6.45) is 1.63. The van der Waals surface area contributed by atoms with Crippen LogP contribution in [0.5, 0.6) is 0 Å². The van der Waals surface area contributed by atoms with Gasteiger partial charge in [0, 0.05) is 0 Å². The van der Waals surface area contributed by atoms with Crippen molar-refractivity contribution in [2.75, 3.05) is 5.01 Å². The molecule has 0 bridgehead atoms. The predicted octanol–water partition coefficient (Wildman–Crippen LogP) is 3.45. The molecule has 0 radical (unpaired) electrons. The number of carbonyl (C=O) groups excluding carboxylic acids is 2. The van der Waals surface area contributed by atoms with E-state index in [0.717, 1.165) is 5.56 Å². The number of hydrazine groups is 1. The van der Waals surface area contributed by atoms with Gasteiger partial charge in [0.2, 0.25) is 0 Å². The van der Waals surface area contributed by atoms with Gasteiger partial charge in [0.25, 0.3) is 11.8 Å². The number of hydrogen-bond donors (Lipinski definition) is 1. The van der Waals surface area contributed by atoms with Crippen molar-refractivity contribution < 1.29 is 9.59 Å². The zero-order chi connectivity index (χ0) is 17.3. The molecule has 1 N–H and O–H groups in total. The van der Waals surface area contributed by atoms with Gasteiger partial charge in [-0.25, -0.2) is 5.01 Å². The fraction of sp³-hybridized carbons (Fsp3) is 0.200. The fourth-order valence-electron chi connectivity index (χ4n) is 2.56. The molecule has 24 heavy (non-hydrogen) atoms. The van der Waals surface area contributed by atoms with Crippen LogP contribution in [0.25, 0.3) is 6.08 Å². The molecule has 3 rings (SSSR count). The monoisotopic (exact) mass is 320 g/mol. The van der Waals surface area contributed by atoms with Crippen molar-refractivity contribution in [2.45, 2.75) is 26.2 Å². The molecule has 0 spiro atoms. The third-order valence-corrected chi connectivity index (χ3v) is 3.99. The molecule has 0 atom stereocenters. The SMILES string of the molecule is CC(C)(C)c1ccc(/C=C2/C(=O)NN(c3ccccc3)C2=O)cc1. The Morgan fingerprint density at radius 3 is 2.12 bits per heavy atom. The number of carbonyl (C=O) groups is 2. The van der Waals surface area contributed by atoms with E-state index in [4.69, 9.17) is 0 Å². The number of amides is 2. The van der Waals surface area contributed by atoms with Crippen molar-refractivity contribution in [2.24, 2.45) is 0 Å². The molecule has 0 unspecified atom stereocenters. The first-order valence-corrected chi connectivity index (χ1v) is 7.89. The molecule has 1 fully saturated rings. The summed E-state index contributed by atoms with van der Waals surface area (Å²) < 4.78 is 0. The Morgan fingerprint density at radius 2 is 1.54 bits per heavy atom. The number of anilines is 1. The van der Waals surface area contributed by atoms with Gasteiger partial charge in [0.05, 0.1) is 5.69 Å². The number of nitrogens with one attached hydrogen (secondary N) is 1. The van der Waals surface area contributed by atoms with Crippen LogP contribution in [0.15, 0.2) is 60.2 Å². The van der Waals surface area contributed by atoms with Gasteiger partial charge < -0.3 is 0 Å². The van der Waals surface area contributed by atoms with Crippen LogP contribution in [0.1, 0.15) is 31.9 Å². The van der Waals surface area contributed by atoms with E-state index < -0.39 is 0 Å². The lowest BCUT2D eigenvalue weighted by molar-refractivity contribution is -0.117. The maximum absolute atomic E-state index is 12.5. The zero-order valence-corrected chi connectivity index (χ0v) is 14.0. The molecule has 2 aromatic rings. The first-order valence-electron chi connectivity index (χ1n) is 7.89. The predicted molar refractivity (Wildman–Crippen MR) is 95.2 cm³/mol. The van der Waals surface area contributed by atoms with Crippen LogP contribution in [0.3, 0.4) is 0 Å². The maximum atomic E-state index is 12.5. The Bertz CT molecular complexity index is 800. The second-order valence-corrected chi connectivity index (χ2v) is 6.85. The number of rotatable bonds is 2. The molecule has 0 aromatic heterocycles. The van der Waals surface area contributed by atoms with E-state index in [2.05, 4.69) is 26.2 Å². The second-order valence-electron chi connectivity index (χ2n) is 6.85. The fourth-order valence-corrected chi connectivity index (χ4v) is 2.56. The highest BCUT2D eigenvalue weighted by Gasteiger charge is 2.34. The normalized spacial score (nSPS) is 16.6. The van der Waals surface area contributed by atoms with Gasteiger partial charge in [-0.15, -0.1) is 0 Å². The van der Waals surface area contributed by atoms with Crippen LogP contribution in [-0.2, 0) is 15.0 Å². The molecule has 4 heteroatoms. The topological polar surface area (TPSA) is 49.4 Å². The lowest BCUT2D eigenvalue weighted by atomic mass is 9.86. The maximum Gasteiger partial charge on any atom is 0.282 e. The summed E-state index contributed by atoms with van der Waals surface area (Å²) in [7, 11) is 0. The molecule has 122 valence electrons. The molecular weight excluding hydrogens is 300 g/mol. The van der Waals surface area contributed by atoms with Gasteiger partial charge in [-0.2, -0.15) is 0 Å². The molecule has 0 aliphatic carbocycles. The summed E-state index contributed by atoms with van der Waals surface area (Å²) in [4.78, 5) is 24.7. The number of benzene rings is 2. The highest BCUT2D eigenvalue weighted by Crippen LogP contribution is 2.24. The van der Waals surface area contributed by atoms with Gasteiger partial charge >= 0.3 is 0 Å². The molecule has 1 aliphatic heterocycles. The summed E-state index contributed by atoms with van der Waals surface area (Å²) in [5, 5.41) is 1.28. The van der Waals surface area contributed by atoms with Gasteiger partial charge in [-0.3, -0.25) is 15.0 Å². The summed E-state index contributed by atoms with van der Waals surface area (Å²) in [6, 6.07) is 17.0. The van der Waals surface area contributed by atoms with E-state index >= 15 is 0 Å². The average Bonchev–Trinajstić information content (AvgIpc) is 2.83. The molecule has 1 saturated heterocycles. The number of para-hydroxylation sites is 1. The van der Waals surface area contributed by atoms with Crippen molar-refractivity contribution in [3.05, 3.63) is 71.3 Å². The summed E-state index contributed by atoms with van der Waals surface area (Å²) in [5.74, 6) is -0.727. The molecule has 0 saturated carbocycles. The van der Waals surface area contributed by atoms with Gasteiger partial charge in [-0.1, -0.05) is 63.2 Å². The second kappa shape index (κ2) is 5.96. The van der Waals surface area contributed by atoms with Crippen LogP contribution in [0, 0.1) is 0 Å². The van der Waals surface area contributed by atoms with Gasteiger partial charge in [-0.05, 0) is 34.8 Å². The minimum atomic E-state index is -0.385. The van der Waals surface area contributed by atoms with Crippen LogP contribution in [0.4, 0.5) is 5.69 Å². The van der Waals surface area contributed by atoms with E-state index in [1.165, 1.54) is 10.6 Å². The van der Waals surface area contributed by atoms with Crippen molar-refractivity contribution in [3.63, 3.8) is 0 Å². The Labute approximate surface area is 141 Å². The molecule has 2 amide bonds. The van der Waals surface area contributed by atoms with Gasteiger partial charge in [0.1, 0.15) is 5.57 Å². The summed E-state index contributed by atoms with van der Waals surface area (Å²) in [6.45, 7) is 6.43. The van der Waals surface area contributed by atoms with Crippen LogP contribution in [0.2, 0.25) is 0 Å². The minimum absolute atomic E-state index is 0.0658. The lowest BCUT2D eigenvalue weighted by Gasteiger charge is -2.18. The van der Waals surface area contributed by atoms with Crippen molar-refractivity contribution in [3.8, 4) is 0 Å². The average molecular weight is 320 g/mol. The largest absolute Gasteiger partial charge is 0.282 e. The van der Waals surface area contributed by atoms with Gasteiger partial charge in [0.15, 0.2) is 0 Å². The van der Waals surface area contributed by atoms with E-state index in [9.17, 15) is 9.59 Å².